The van der Waals surface area contributed by atoms with Crippen LogP contribution >= 0.6 is 11.8 Å². The van der Waals surface area contributed by atoms with E-state index in [1.165, 1.54) is 18.4 Å². The summed E-state index contributed by atoms with van der Waals surface area (Å²) in [6, 6.07) is 0. The quantitative estimate of drug-likeness (QED) is 0.506. The number of thioether (sulfide) groups is 1. The van der Waals surface area contributed by atoms with Crippen LogP contribution in [0.15, 0.2) is 47.1 Å². The number of hydrogen-bond acceptors (Lipinski definition) is 4. The van der Waals surface area contributed by atoms with Gasteiger partial charge in [0, 0.05) is 17.4 Å². The van der Waals surface area contributed by atoms with Crippen molar-refractivity contribution in [2.24, 2.45) is 17.3 Å². The first-order valence-electron chi connectivity index (χ1n) is 11.6. The fraction of sp³-hybridized carbons (Fsp3) is 0.692. The lowest BCUT2D eigenvalue weighted by atomic mass is 9.64. The van der Waals surface area contributed by atoms with Gasteiger partial charge in [-0.2, -0.15) is 11.8 Å². The summed E-state index contributed by atoms with van der Waals surface area (Å²) in [4.78, 5) is 0. The normalized spacial score (nSPS) is 36.9. The van der Waals surface area contributed by atoms with Crippen LogP contribution in [0, 0.1) is 17.3 Å². The summed E-state index contributed by atoms with van der Waals surface area (Å²) in [6.07, 6.45) is 11.1. The summed E-state index contributed by atoms with van der Waals surface area (Å²) in [7, 11) is 0. The maximum absolute atomic E-state index is 10.2. The van der Waals surface area contributed by atoms with Gasteiger partial charge in [-0.15, -0.1) is 0 Å². The highest BCUT2D eigenvalue weighted by atomic mass is 32.2. The molecule has 3 nitrogen and oxygen atoms in total. The van der Waals surface area contributed by atoms with Gasteiger partial charge in [-0.25, -0.2) is 0 Å². The highest BCUT2D eigenvalue weighted by molar-refractivity contribution is 8.00. The third-order valence-electron chi connectivity index (χ3n) is 7.60. The van der Waals surface area contributed by atoms with E-state index < -0.39 is 12.2 Å². The molecule has 3 aliphatic carbocycles. The van der Waals surface area contributed by atoms with E-state index >= 15 is 0 Å². The van der Waals surface area contributed by atoms with Gasteiger partial charge in [0.2, 0.25) is 0 Å². The predicted octanol–water partition coefficient (Wildman–Crippen LogP) is 5.19. The lowest BCUT2D eigenvalue weighted by Gasteiger charge is -2.42. The van der Waals surface area contributed by atoms with Gasteiger partial charge in [0.05, 0.1) is 18.3 Å². The number of aliphatic hydroxyl groups is 3. The maximum Gasteiger partial charge on any atom is 0.0811 e. The van der Waals surface area contributed by atoms with Crippen molar-refractivity contribution in [1.29, 1.82) is 0 Å². The first-order chi connectivity index (χ1) is 14.1. The van der Waals surface area contributed by atoms with Crippen LogP contribution in [-0.4, -0.2) is 44.6 Å². The average Bonchev–Trinajstić information content (AvgIpc) is 3.04. The lowest BCUT2D eigenvalue weighted by Crippen LogP contribution is -2.33. The molecule has 2 saturated carbocycles. The summed E-state index contributed by atoms with van der Waals surface area (Å²) < 4.78 is 0. The molecule has 0 spiro atoms. The standard InChI is InChI=1S/C26H40O3S/c1-16(2)25(29)15-30-18(4)22-10-11-23-19(7-6-12-26(22,23)5)8-9-20-13-21(27)14-24(28)17(20)3/h8-10,16,18,21,23-25,27-29H,3,6-7,11-15H2,1-2,4-5H3/t18-,21-,23+,24+,25-,26-/m1/s1. The highest BCUT2D eigenvalue weighted by Crippen LogP contribution is 2.56. The molecule has 0 bridgehead atoms. The molecule has 4 heteroatoms. The Hall–Kier alpha value is -0.810. The largest absolute Gasteiger partial charge is 0.393 e. The second-order valence-corrected chi connectivity index (χ2v) is 11.4. The Morgan fingerprint density at radius 1 is 1.27 bits per heavy atom. The van der Waals surface area contributed by atoms with Crippen molar-refractivity contribution in [2.75, 3.05) is 5.75 Å². The fourth-order valence-electron chi connectivity index (χ4n) is 5.47. The minimum Gasteiger partial charge on any atom is -0.393 e. The zero-order valence-electron chi connectivity index (χ0n) is 19.1. The van der Waals surface area contributed by atoms with Crippen molar-refractivity contribution in [3.05, 3.63) is 47.1 Å². The van der Waals surface area contributed by atoms with Crippen LogP contribution in [-0.2, 0) is 0 Å². The molecule has 0 unspecified atom stereocenters. The van der Waals surface area contributed by atoms with Crippen molar-refractivity contribution >= 4 is 11.8 Å². The van der Waals surface area contributed by atoms with Gasteiger partial charge < -0.3 is 15.3 Å². The first kappa shape index (κ1) is 23.8. The van der Waals surface area contributed by atoms with Gasteiger partial charge in [-0.05, 0) is 67.4 Å². The van der Waals surface area contributed by atoms with Gasteiger partial charge >= 0.3 is 0 Å². The number of rotatable bonds is 6. The molecule has 0 aromatic rings. The van der Waals surface area contributed by atoms with E-state index in [2.05, 4.69) is 52.5 Å². The zero-order valence-corrected chi connectivity index (χ0v) is 19.9. The molecule has 0 aromatic carbocycles. The van der Waals surface area contributed by atoms with Crippen LogP contribution in [0.3, 0.4) is 0 Å². The van der Waals surface area contributed by atoms with E-state index in [1.807, 2.05) is 11.8 Å². The van der Waals surface area contributed by atoms with Crippen LogP contribution < -0.4 is 0 Å². The zero-order chi connectivity index (χ0) is 22.1. The van der Waals surface area contributed by atoms with E-state index in [4.69, 9.17) is 0 Å². The number of fused-ring (bicyclic) bond motifs is 1. The molecule has 0 aromatic heterocycles. The van der Waals surface area contributed by atoms with Crippen LogP contribution in [0.2, 0.25) is 0 Å². The Bertz CT molecular complexity index is 735. The Morgan fingerprint density at radius 2 is 2.00 bits per heavy atom. The van der Waals surface area contributed by atoms with Crippen molar-refractivity contribution in [3.8, 4) is 0 Å². The number of allylic oxidation sites excluding steroid dienone is 4. The third-order valence-corrected chi connectivity index (χ3v) is 8.89. The van der Waals surface area contributed by atoms with Gasteiger partial charge in [-0.3, -0.25) is 0 Å². The summed E-state index contributed by atoms with van der Waals surface area (Å²) in [5.41, 5.74) is 4.98. The SMILES string of the molecule is C=C1C(=CC=C2CCC[C@]3(C)C([C@@H](C)SC[C@@H](O)C(C)C)=CC[C@@H]23)C[C@@H](O)C[C@@H]1O. The predicted molar refractivity (Wildman–Crippen MR) is 127 cm³/mol. The van der Waals surface area contributed by atoms with Crippen LogP contribution in [0.1, 0.15) is 66.2 Å². The van der Waals surface area contributed by atoms with Gasteiger partial charge in [-0.1, -0.05) is 56.7 Å². The first-order valence-corrected chi connectivity index (χ1v) is 12.6. The van der Waals surface area contributed by atoms with E-state index in [9.17, 15) is 15.3 Å². The molecule has 168 valence electrons. The van der Waals surface area contributed by atoms with Crippen molar-refractivity contribution < 1.29 is 15.3 Å². The monoisotopic (exact) mass is 432 g/mol. The van der Waals surface area contributed by atoms with Gasteiger partial charge in [0.1, 0.15) is 0 Å². The Kier molecular flexibility index (Phi) is 7.76. The van der Waals surface area contributed by atoms with E-state index in [-0.39, 0.29) is 11.5 Å². The van der Waals surface area contributed by atoms with E-state index in [0.29, 0.717) is 29.9 Å². The highest BCUT2D eigenvalue weighted by Gasteiger charge is 2.46. The number of hydrogen-bond donors (Lipinski definition) is 3. The molecule has 0 heterocycles. The molecule has 3 aliphatic rings. The molecule has 3 N–H and O–H groups in total. The molecule has 3 rings (SSSR count). The van der Waals surface area contributed by atoms with Crippen molar-refractivity contribution in [3.63, 3.8) is 0 Å². The molecule has 0 saturated heterocycles. The average molecular weight is 433 g/mol. The van der Waals surface area contributed by atoms with Crippen LogP contribution in [0.25, 0.3) is 0 Å². The minimum absolute atomic E-state index is 0.195. The smallest absolute Gasteiger partial charge is 0.0811 e. The topological polar surface area (TPSA) is 60.7 Å². The third kappa shape index (κ3) is 4.98. The van der Waals surface area contributed by atoms with Gasteiger partial charge in [0.15, 0.2) is 0 Å². The second-order valence-electron chi connectivity index (χ2n) is 10.1. The molecular weight excluding hydrogens is 392 g/mol. The Morgan fingerprint density at radius 3 is 2.70 bits per heavy atom. The van der Waals surface area contributed by atoms with Crippen LogP contribution in [0.5, 0.6) is 0 Å². The molecular formula is C26H40O3S. The molecule has 2 fully saturated rings. The van der Waals surface area contributed by atoms with Gasteiger partial charge in [0.25, 0.3) is 0 Å². The molecule has 30 heavy (non-hydrogen) atoms. The summed E-state index contributed by atoms with van der Waals surface area (Å²) >= 11 is 1.89. The number of aliphatic hydroxyl groups excluding tert-OH is 3. The second kappa shape index (κ2) is 9.77. The summed E-state index contributed by atoms with van der Waals surface area (Å²) in [6.45, 7) is 12.9. The van der Waals surface area contributed by atoms with E-state index in [1.54, 1.807) is 5.57 Å². The molecule has 0 amide bonds. The summed E-state index contributed by atoms with van der Waals surface area (Å²) in [5, 5.41) is 30.8. The molecule has 6 atom stereocenters. The lowest BCUT2D eigenvalue weighted by molar-refractivity contribution is 0.0862. The fourth-order valence-corrected chi connectivity index (χ4v) is 6.89. The summed E-state index contributed by atoms with van der Waals surface area (Å²) in [5.74, 6) is 1.62. The van der Waals surface area contributed by atoms with Crippen molar-refractivity contribution in [2.45, 2.75) is 89.8 Å². The van der Waals surface area contributed by atoms with Crippen molar-refractivity contribution in [1.82, 2.24) is 0 Å². The Balaban J connectivity index is 1.73. The minimum atomic E-state index is -0.631. The molecule has 0 aliphatic heterocycles. The Labute approximate surface area is 187 Å². The van der Waals surface area contributed by atoms with E-state index in [0.717, 1.165) is 29.7 Å². The van der Waals surface area contributed by atoms with Crippen LogP contribution in [0.4, 0.5) is 0 Å². The maximum atomic E-state index is 10.2. The molecule has 0 radical (unpaired) electrons.